The molecule has 2 unspecified atom stereocenters. The van der Waals surface area contributed by atoms with Gasteiger partial charge in [0.15, 0.2) is 5.96 Å². The van der Waals surface area contributed by atoms with Crippen LogP contribution in [0.5, 0.6) is 5.75 Å². The van der Waals surface area contributed by atoms with Crippen molar-refractivity contribution in [2.24, 2.45) is 4.99 Å². The van der Waals surface area contributed by atoms with Crippen molar-refractivity contribution >= 4 is 5.96 Å². The molecule has 0 amide bonds. The molecule has 2 atom stereocenters. The van der Waals surface area contributed by atoms with Crippen LogP contribution in [0.2, 0.25) is 0 Å². The van der Waals surface area contributed by atoms with E-state index in [0.717, 1.165) is 12.2 Å². The third-order valence-electron chi connectivity index (χ3n) is 4.84. The number of likely N-dealkylation sites (tertiary alicyclic amines) is 1. The molecule has 26 heavy (non-hydrogen) atoms. The quantitative estimate of drug-likeness (QED) is 0.631. The number of guanidine groups is 1. The largest absolute Gasteiger partial charge is 0.493 e. The van der Waals surface area contributed by atoms with Crippen molar-refractivity contribution in [2.75, 3.05) is 39.8 Å². The van der Waals surface area contributed by atoms with E-state index in [1.54, 1.807) is 7.05 Å². The Bertz CT molecular complexity index is 635. The van der Waals surface area contributed by atoms with E-state index >= 15 is 0 Å². The molecule has 144 valence electrons. The third kappa shape index (κ3) is 5.03. The van der Waals surface area contributed by atoms with Crippen molar-refractivity contribution in [1.82, 2.24) is 15.5 Å². The second-order valence-electron chi connectivity index (χ2n) is 6.81. The van der Waals surface area contributed by atoms with Gasteiger partial charge in [-0.05, 0) is 24.5 Å². The summed E-state index contributed by atoms with van der Waals surface area (Å²) in [6.07, 6.45) is -2.55. The summed E-state index contributed by atoms with van der Waals surface area (Å²) >= 11 is 0. The molecular formula is C18H25F3N4O. The number of fused-ring (bicyclic) bond motifs is 1. The van der Waals surface area contributed by atoms with Crippen molar-refractivity contribution in [3.05, 3.63) is 29.8 Å². The van der Waals surface area contributed by atoms with Gasteiger partial charge in [0.2, 0.25) is 0 Å². The second-order valence-corrected chi connectivity index (χ2v) is 6.81. The van der Waals surface area contributed by atoms with Gasteiger partial charge in [-0.1, -0.05) is 18.2 Å². The fraction of sp³-hybridized carbons (Fsp3) is 0.611. The maximum Gasteiger partial charge on any atom is 0.401 e. The predicted molar refractivity (Wildman–Crippen MR) is 94.7 cm³/mol. The van der Waals surface area contributed by atoms with Gasteiger partial charge in [-0.3, -0.25) is 9.89 Å². The van der Waals surface area contributed by atoms with Crippen LogP contribution in [0.4, 0.5) is 13.2 Å². The molecule has 1 aromatic rings. The number of ether oxygens (including phenoxy) is 1. The summed E-state index contributed by atoms with van der Waals surface area (Å²) in [4.78, 5) is 5.64. The van der Waals surface area contributed by atoms with Crippen LogP contribution in [0.25, 0.3) is 0 Å². The lowest BCUT2D eigenvalue weighted by molar-refractivity contribution is -0.143. The van der Waals surface area contributed by atoms with E-state index < -0.39 is 12.7 Å². The van der Waals surface area contributed by atoms with Gasteiger partial charge in [0, 0.05) is 38.6 Å². The molecule has 0 saturated carbocycles. The maximum atomic E-state index is 12.5. The molecule has 0 radical (unpaired) electrons. The highest BCUT2D eigenvalue weighted by Crippen LogP contribution is 2.32. The van der Waals surface area contributed by atoms with Crippen LogP contribution in [-0.2, 0) is 0 Å². The summed E-state index contributed by atoms with van der Waals surface area (Å²) in [5, 5.41) is 6.56. The summed E-state index contributed by atoms with van der Waals surface area (Å²) in [5.74, 6) is 1.88. The number of hydrogen-bond donors (Lipinski definition) is 2. The minimum Gasteiger partial charge on any atom is -0.493 e. The number of halogens is 3. The maximum absolute atomic E-state index is 12.5. The van der Waals surface area contributed by atoms with Gasteiger partial charge in [0.25, 0.3) is 0 Å². The van der Waals surface area contributed by atoms with Crippen molar-refractivity contribution < 1.29 is 17.9 Å². The Hall–Kier alpha value is -1.96. The zero-order chi connectivity index (χ0) is 18.6. The van der Waals surface area contributed by atoms with Crippen LogP contribution in [0, 0.1) is 0 Å². The van der Waals surface area contributed by atoms with Crippen molar-refractivity contribution in [3.63, 3.8) is 0 Å². The number of benzene rings is 1. The topological polar surface area (TPSA) is 48.9 Å². The molecule has 2 N–H and O–H groups in total. The molecule has 0 aliphatic carbocycles. The van der Waals surface area contributed by atoms with Gasteiger partial charge in [0.1, 0.15) is 5.75 Å². The number of nitrogens with one attached hydrogen (secondary N) is 2. The molecule has 0 spiro atoms. The van der Waals surface area contributed by atoms with Crippen LogP contribution in [0.15, 0.2) is 29.3 Å². The Morgan fingerprint density at radius 1 is 1.31 bits per heavy atom. The zero-order valence-corrected chi connectivity index (χ0v) is 14.9. The van der Waals surface area contributed by atoms with Crippen LogP contribution in [0.3, 0.4) is 0 Å². The lowest BCUT2D eigenvalue weighted by Crippen LogP contribution is -2.46. The fourth-order valence-corrected chi connectivity index (χ4v) is 3.58. The van der Waals surface area contributed by atoms with Crippen LogP contribution < -0.4 is 15.4 Å². The molecule has 5 nitrogen and oxygen atoms in total. The molecule has 1 aromatic carbocycles. The highest BCUT2D eigenvalue weighted by atomic mass is 19.4. The minimum atomic E-state index is -4.15. The highest BCUT2D eigenvalue weighted by Gasteiger charge is 2.34. The monoisotopic (exact) mass is 370 g/mol. The van der Waals surface area contributed by atoms with Crippen molar-refractivity contribution in [3.8, 4) is 5.75 Å². The molecule has 0 aromatic heterocycles. The van der Waals surface area contributed by atoms with Gasteiger partial charge in [-0.25, -0.2) is 0 Å². The SMILES string of the molecule is CN=C(NCC1CCOc2ccccc21)NC1CCN(CC(F)(F)F)C1. The minimum absolute atomic E-state index is 0.0227. The summed E-state index contributed by atoms with van der Waals surface area (Å²) in [6.45, 7) is 1.36. The molecule has 1 fully saturated rings. The third-order valence-corrected chi connectivity index (χ3v) is 4.84. The standard InChI is InChI=1S/C18H25F3N4O/c1-22-17(24-14-6-8-25(11-14)12-18(19,20)21)23-10-13-7-9-26-16-5-3-2-4-15(13)16/h2-5,13-14H,6-12H2,1H3,(H2,22,23,24). The fourth-order valence-electron chi connectivity index (χ4n) is 3.58. The van der Waals surface area contributed by atoms with Gasteiger partial charge in [-0.2, -0.15) is 13.2 Å². The van der Waals surface area contributed by atoms with E-state index in [1.165, 1.54) is 10.5 Å². The first-order chi connectivity index (χ1) is 12.4. The normalized spacial score (nSPS) is 24.1. The van der Waals surface area contributed by atoms with E-state index in [4.69, 9.17) is 4.74 Å². The molecule has 2 heterocycles. The van der Waals surface area contributed by atoms with E-state index in [-0.39, 0.29) is 6.04 Å². The average Bonchev–Trinajstić information content (AvgIpc) is 3.03. The number of para-hydroxylation sites is 1. The Morgan fingerprint density at radius 2 is 2.12 bits per heavy atom. The Morgan fingerprint density at radius 3 is 2.88 bits per heavy atom. The van der Waals surface area contributed by atoms with Gasteiger partial charge >= 0.3 is 6.18 Å². The Kier molecular flexibility index (Phi) is 5.90. The Labute approximate surface area is 151 Å². The van der Waals surface area contributed by atoms with Crippen LogP contribution in [0.1, 0.15) is 24.3 Å². The second kappa shape index (κ2) is 8.16. The van der Waals surface area contributed by atoms with E-state index in [9.17, 15) is 13.2 Å². The molecule has 3 rings (SSSR count). The van der Waals surface area contributed by atoms with E-state index in [2.05, 4.69) is 21.7 Å². The van der Waals surface area contributed by atoms with E-state index in [0.29, 0.717) is 44.5 Å². The van der Waals surface area contributed by atoms with Crippen LogP contribution >= 0.6 is 0 Å². The molecule has 2 aliphatic rings. The molecule has 1 saturated heterocycles. The number of nitrogens with zero attached hydrogens (tertiary/aromatic N) is 2. The lowest BCUT2D eigenvalue weighted by Gasteiger charge is -2.27. The van der Waals surface area contributed by atoms with Crippen molar-refractivity contribution in [1.29, 1.82) is 0 Å². The summed E-state index contributed by atoms with van der Waals surface area (Å²) in [5.41, 5.74) is 1.18. The summed E-state index contributed by atoms with van der Waals surface area (Å²) in [6, 6.07) is 7.99. The average molecular weight is 370 g/mol. The smallest absolute Gasteiger partial charge is 0.401 e. The number of rotatable bonds is 4. The lowest BCUT2D eigenvalue weighted by atomic mass is 9.93. The zero-order valence-electron chi connectivity index (χ0n) is 14.9. The van der Waals surface area contributed by atoms with Crippen LogP contribution in [-0.4, -0.2) is 62.9 Å². The molecule has 8 heteroatoms. The van der Waals surface area contributed by atoms with Gasteiger partial charge in [0.05, 0.1) is 13.2 Å². The van der Waals surface area contributed by atoms with Crippen molar-refractivity contribution in [2.45, 2.75) is 31.0 Å². The number of hydrogen-bond acceptors (Lipinski definition) is 3. The molecule has 0 bridgehead atoms. The summed E-state index contributed by atoms with van der Waals surface area (Å²) < 4.78 is 43.2. The van der Waals surface area contributed by atoms with Gasteiger partial charge < -0.3 is 15.4 Å². The first-order valence-electron chi connectivity index (χ1n) is 8.92. The molecular weight excluding hydrogens is 345 g/mol. The number of aliphatic imine (C=N–C) groups is 1. The predicted octanol–water partition coefficient (Wildman–Crippen LogP) is 2.35. The van der Waals surface area contributed by atoms with Gasteiger partial charge in [-0.15, -0.1) is 0 Å². The Balaban J connectivity index is 1.49. The molecule has 2 aliphatic heterocycles. The summed E-state index contributed by atoms with van der Waals surface area (Å²) in [7, 11) is 1.68. The highest BCUT2D eigenvalue weighted by molar-refractivity contribution is 5.80. The first kappa shape index (κ1) is 18.8. The number of alkyl halides is 3. The first-order valence-corrected chi connectivity index (χ1v) is 8.92. The van der Waals surface area contributed by atoms with E-state index in [1.807, 2.05) is 18.2 Å².